The zero-order chi connectivity index (χ0) is 11.4. The number of hydrogen-bond donors (Lipinski definition) is 3. The van der Waals surface area contributed by atoms with Crippen LogP contribution in [0.5, 0.6) is 0 Å². The Hall–Kier alpha value is -0.450. The highest BCUT2D eigenvalue weighted by molar-refractivity contribution is 6.55. The lowest BCUT2D eigenvalue weighted by molar-refractivity contribution is 0.122. The first-order valence-corrected chi connectivity index (χ1v) is 4.71. The normalized spacial score (nSPS) is 21.4. The highest BCUT2D eigenvalue weighted by Gasteiger charge is 2.43. The number of carbonyl (C=O) groups is 1. The van der Waals surface area contributed by atoms with Gasteiger partial charge >= 0.3 is 6.09 Å². The van der Waals surface area contributed by atoms with Crippen molar-refractivity contribution in [3.05, 3.63) is 10.6 Å². The molecule has 4 nitrogen and oxygen atoms in total. The summed E-state index contributed by atoms with van der Waals surface area (Å²) in [5.41, 5.74) is 1.40. The minimum Gasteiger partial charge on any atom is -0.464 e. The minimum atomic E-state index is -1.44. The second kappa shape index (κ2) is 5.44. The third-order valence-corrected chi connectivity index (χ3v) is 2.26. The largest absolute Gasteiger partial charge is 0.464 e. The van der Waals surface area contributed by atoms with Crippen molar-refractivity contribution >= 4 is 29.3 Å². The summed E-state index contributed by atoms with van der Waals surface area (Å²) in [7, 11) is 0. The molecule has 0 aliphatic heterocycles. The van der Waals surface area contributed by atoms with Gasteiger partial charge in [-0.3, -0.25) is 5.21 Å². The van der Waals surface area contributed by atoms with Gasteiger partial charge < -0.3 is 5.11 Å². The molecule has 1 unspecified atom stereocenters. The minimum absolute atomic E-state index is 0.408. The number of halogens is 2. The van der Waals surface area contributed by atoms with Crippen LogP contribution >= 0.6 is 23.2 Å². The lowest BCUT2D eigenvalue weighted by atomic mass is 10.1. The summed E-state index contributed by atoms with van der Waals surface area (Å²) < 4.78 is 0.408. The van der Waals surface area contributed by atoms with Crippen molar-refractivity contribution in [2.24, 2.45) is 11.3 Å². The molecule has 1 rings (SSSR count). The monoisotopic (exact) mass is 241 g/mol. The van der Waals surface area contributed by atoms with Crippen LogP contribution in [0, 0.1) is 11.3 Å². The molecule has 0 aromatic rings. The molecule has 3 N–H and O–H groups in total. The van der Waals surface area contributed by atoms with Crippen LogP contribution in [0.1, 0.15) is 20.3 Å². The lowest BCUT2D eigenvalue weighted by Crippen LogP contribution is -2.14. The Bertz CT molecular complexity index is 237. The van der Waals surface area contributed by atoms with E-state index in [1.165, 1.54) is 6.42 Å². The van der Waals surface area contributed by atoms with Crippen LogP contribution < -0.4 is 5.48 Å². The zero-order valence-corrected chi connectivity index (χ0v) is 9.43. The molecule has 1 saturated carbocycles. The number of hydrogen-bond acceptors (Lipinski definition) is 2. The molecule has 0 bridgehead atoms. The molecule has 0 spiro atoms. The van der Waals surface area contributed by atoms with Crippen molar-refractivity contribution in [2.75, 3.05) is 0 Å². The number of hydroxylamine groups is 1. The number of allylic oxidation sites excluding steroid dienone is 1. The third kappa shape index (κ3) is 6.07. The highest BCUT2D eigenvalue weighted by atomic mass is 35.5. The van der Waals surface area contributed by atoms with Crippen LogP contribution in [-0.2, 0) is 0 Å². The molecule has 14 heavy (non-hydrogen) atoms. The SMILES string of the molecule is CC1(C)CC1C=C(Cl)Cl.O=C(O)NO. The Labute approximate surface area is 92.5 Å². The van der Waals surface area contributed by atoms with E-state index in [0.717, 1.165) is 5.48 Å². The van der Waals surface area contributed by atoms with Crippen molar-refractivity contribution in [3.8, 4) is 0 Å². The predicted octanol–water partition coefficient (Wildman–Crippen LogP) is 2.99. The summed E-state index contributed by atoms with van der Waals surface area (Å²) in [5, 5.41) is 14.7. The predicted molar refractivity (Wildman–Crippen MR) is 54.6 cm³/mol. The van der Waals surface area contributed by atoms with Crippen molar-refractivity contribution in [1.82, 2.24) is 5.48 Å². The van der Waals surface area contributed by atoms with Crippen LogP contribution in [0.2, 0.25) is 0 Å². The van der Waals surface area contributed by atoms with E-state index < -0.39 is 6.09 Å². The van der Waals surface area contributed by atoms with Gasteiger partial charge in [0.1, 0.15) is 4.49 Å². The van der Waals surface area contributed by atoms with E-state index in [1.54, 1.807) is 0 Å². The zero-order valence-electron chi connectivity index (χ0n) is 7.92. The summed E-state index contributed by atoms with van der Waals surface area (Å²) in [5.74, 6) is 0.613. The van der Waals surface area contributed by atoms with Gasteiger partial charge in [-0.05, 0) is 17.8 Å². The van der Waals surface area contributed by atoms with E-state index in [2.05, 4.69) is 13.8 Å². The summed E-state index contributed by atoms with van der Waals surface area (Å²) >= 11 is 10.9. The van der Waals surface area contributed by atoms with Gasteiger partial charge in [-0.2, -0.15) is 0 Å². The summed E-state index contributed by atoms with van der Waals surface area (Å²) in [6.07, 6.45) is 1.70. The van der Waals surface area contributed by atoms with Crippen LogP contribution in [-0.4, -0.2) is 16.4 Å². The average Bonchev–Trinajstić information content (AvgIpc) is 2.58. The smallest absolute Gasteiger partial charge is 0.428 e. The van der Waals surface area contributed by atoms with Crippen molar-refractivity contribution in [2.45, 2.75) is 20.3 Å². The number of carboxylic acid groups (broad SMARTS) is 1. The Balaban J connectivity index is 0.000000292. The molecule has 0 radical (unpaired) electrons. The topological polar surface area (TPSA) is 69.6 Å². The maximum absolute atomic E-state index is 9.01. The molecule has 1 aliphatic rings. The first kappa shape index (κ1) is 13.5. The van der Waals surface area contributed by atoms with Crippen LogP contribution in [0.4, 0.5) is 4.79 Å². The van der Waals surface area contributed by atoms with Crippen molar-refractivity contribution < 1.29 is 15.1 Å². The molecule has 1 fully saturated rings. The average molecular weight is 242 g/mol. The molecular formula is C8H13Cl2NO3. The second-order valence-electron chi connectivity index (χ2n) is 3.67. The van der Waals surface area contributed by atoms with Gasteiger partial charge in [0, 0.05) is 0 Å². The third-order valence-electron chi connectivity index (χ3n) is 2.01. The van der Waals surface area contributed by atoms with Crippen LogP contribution in [0.25, 0.3) is 0 Å². The van der Waals surface area contributed by atoms with Crippen molar-refractivity contribution in [3.63, 3.8) is 0 Å². The van der Waals surface area contributed by atoms with E-state index in [0.29, 0.717) is 15.8 Å². The Morgan fingerprint density at radius 1 is 1.57 bits per heavy atom. The molecule has 0 aromatic carbocycles. The van der Waals surface area contributed by atoms with E-state index in [4.69, 9.17) is 38.3 Å². The quantitative estimate of drug-likeness (QED) is 0.489. The maximum Gasteiger partial charge on any atom is 0.428 e. The molecule has 1 aliphatic carbocycles. The molecular weight excluding hydrogens is 229 g/mol. The Kier molecular flexibility index (Phi) is 5.26. The standard InChI is InChI=1S/C7H10Cl2.CH3NO3/c1-7(2)4-5(7)3-6(8)9;3-1(4)2-5/h3,5H,4H2,1-2H3;2,5H,(H,3,4). The Morgan fingerprint density at radius 3 is 2.00 bits per heavy atom. The fourth-order valence-electron chi connectivity index (χ4n) is 0.944. The number of nitrogens with one attached hydrogen (secondary N) is 1. The second-order valence-corrected chi connectivity index (χ2v) is 4.68. The maximum atomic E-state index is 9.01. The van der Waals surface area contributed by atoms with Crippen LogP contribution in [0.3, 0.4) is 0 Å². The fraction of sp³-hybridized carbons (Fsp3) is 0.625. The number of amides is 1. The fourth-order valence-corrected chi connectivity index (χ4v) is 1.25. The van der Waals surface area contributed by atoms with Crippen LogP contribution in [0.15, 0.2) is 10.6 Å². The van der Waals surface area contributed by atoms with E-state index >= 15 is 0 Å². The first-order chi connectivity index (χ1) is 6.29. The molecule has 1 atom stereocenters. The van der Waals surface area contributed by atoms with Gasteiger partial charge in [-0.25, -0.2) is 10.3 Å². The van der Waals surface area contributed by atoms with Gasteiger partial charge in [0.2, 0.25) is 0 Å². The number of rotatable bonds is 1. The van der Waals surface area contributed by atoms with E-state index in [9.17, 15) is 0 Å². The van der Waals surface area contributed by atoms with E-state index in [1.807, 2.05) is 6.08 Å². The molecule has 0 aromatic heterocycles. The van der Waals surface area contributed by atoms with Gasteiger partial charge in [-0.1, -0.05) is 43.1 Å². The Morgan fingerprint density at radius 2 is 1.93 bits per heavy atom. The summed E-state index contributed by atoms with van der Waals surface area (Å²) in [4.78, 5) is 9.01. The highest BCUT2D eigenvalue weighted by Crippen LogP contribution is 2.53. The lowest BCUT2D eigenvalue weighted by Gasteiger charge is -1.94. The molecule has 82 valence electrons. The summed E-state index contributed by atoms with van der Waals surface area (Å²) in [6, 6.07) is 0. The first-order valence-electron chi connectivity index (χ1n) is 3.95. The van der Waals surface area contributed by atoms with Gasteiger partial charge in [0.15, 0.2) is 0 Å². The molecule has 0 heterocycles. The van der Waals surface area contributed by atoms with Gasteiger partial charge in [-0.15, -0.1) is 0 Å². The molecule has 0 saturated heterocycles. The summed E-state index contributed by atoms with van der Waals surface area (Å²) in [6.45, 7) is 4.43. The van der Waals surface area contributed by atoms with Crippen molar-refractivity contribution in [1.29, 1.82) is 0 Å². The molecule has 1 amide bonds. The van der Waals surface area contributed by atoms with E-state index in [-0.39, 0.29) is 0 Å². The van der Waals surface area contributed by atoms with Gasteiger partial charge in [0.05, 0.1) is 0 Å². The van der Waals surface area contributed by atoms with Gasteiger partial charge in [0.25, 0.3) is 0 Å². The molecule has 6 heteroatoms.